The maximum atomic E-state index is 12.5. The fraction of sp³-hybridized carbons (Fsp3) is 0.467. The van der Waals surface area contributed by atoms with Crippen LogP contribution in [0.25, 0.3) is 0 Å². The molecule has 0 saturated heterocycles. The molecule has 0 spiro atoms. The minimum atomic E-state index is -4.06. The number of carboxylic acids is 1. The van der Waals surface area contributed by atoms with Gasteiger partial charge in [0.05, 0.1) is 10.5 Å². The number of benzene rings is 1. The van der Waals surface area contributed by atoms with Gasteiger partial charge in [-0.05, 0) is 18.6 Å². The van der Waals surface area contributed by atoms with Crippen molar-refractivity contribution in [3.8, 4) is 0 Å². The predicted octanol–water partition coefficient (Wildman–Crippen LogP) is 1.26. The highest BCUT2D eigenvalue weighted by atomic mass is 32.2. The Morgan fingerprint density at radius 2 is 1.78 bits per heavy atom. The average molecular weight is 342 g/mol. The molecule has 1 aromatic rings. The molecule has 0 atom stereocenters. The molecule has 0 heterocycles. The first-order chi connectivity index (χ1) is 10.7. The maximum Gasteiger partial charge on any atom is 0.318 e. The van der Waals surface area contributed by atoms with E-state index < -0.39 is 28.4 Å². The number of carbonyl (C=O) groups excluding carboxylic acids is 1. The third kappa shape index (κ3) is 4.77. The van der Waals surface area contributed by atoms with E-state index in [-0.39, 0.29) is 10.5 Å². The van der Waals surface area contributed by atoms with Gasteiger partial charge in [0.25, 0.3) is 5.91 Å². The number of carbonyl (C=O) groups is 2. The zero-order valence-electron chi connectivity index (χ0n) is 13.5. The molecule has 0 aliphatic carbocycles. The van der Waals surface area contributed by atoms with Crippen molar-refractivity contribution in [3.05, 3.63) is 29.8 Å². The number of likely N-dealkylation sites (N-methyl/N-ethyl adjacent to an activating group) is 1. The first kappa shape index (κ1) is 19.1. The molecule has 0 aliphatic rings. The number of carboxylic acid groups (broad SMARTS) is 1. The van der Waals surface area contributed by atoms with Gasteiger partial charge >= 0.3 is 5.97 Å². The van der Waals surface area contributed by atoms with Crippen LogP contribution in [-0.2, 0) is 14.8 Å². The molecule has 1 aromatic carbocycles. The molecule has 0 bridgehead atoms. The van der Waals surface area contributed by atoms with Crippen molar-refractivity contribution in [2.45, 2.75) is 24.7 Å². The second kappa shape index (κ2) is 8.07. The van der Waals surface area contributed by atoms with Crippen molar-refractivity contribution in [2.75, 3.05) is 27.2 Å². The van der Waals surface area contributed by atoms with Crippen molar-refractivity contribution in [3.63, 3.8) is 0 Å². The van der Waals surface area contributed by atoms with Gasteiger partial charge in [-0.15, -0.1) is 0 Å². The van der Waals surface area contributed by atoms with Crippen molar-refractivity contribution < 1.29 is 23.1 Å². The number of rotatable bonds is 8. The van der Waals surface area contributed by atoms with Gasteiger partial charge in [-0.25, -0.2) is 8.42 Å². The Morgan fingerprint density at radius 3 is 2.35 bits per heavy atom. The minimum absolute atomic E-state index is 0.0448. The largest absolute Gasteiger partial charge is 0.480 e. The Balaban J connectivity index is 3.19. The first-order valence-corrected chi connectivity index (χ1v) is 8.68. The van der Waals surface area contributed by atoms with Crippen LogP contribution in [0.3, 0.4) is 0 Å². The van der Waals surface area contributed by atoms with Crippen molar-refractivity contribution >= 4 is 21.9 Å². The van der Waals surface area contributed by atoms with E-state index in [1.54, 1.807) is 13.1 Å². The van der Waals surface area contributed by atoms with Gasteiger partial charge in [0.1, 0.15) is 6.54 Å². The molecule has 128 valence electrons. The van der Waals surface area contributed by atoms with Crippen LogP contribution in [0.5, 0.6) is 0 Å². The number of hydrogen-bond acceptors (Lipinski definition) is 4. The van der Waals surface area contributed by atoms with Crippen LogP contribution < -0.4 is 0 Å². The first-order valence-electron chi connectivity index (χ1n) is 7.24. The number of amides is 1. The lowest BCUT2D eigenvalue weighted by molar-refractivity contribution is -0.137. The average Bonchev–Trinajstić information content (AvgIpc) is 2.51. The summed E-state index contributed by atoms with van der Waals surface area (Å²) in [5.74, 6) is -1.67. The lowest BCUT2D eigenvalue weighted by Crippen LogP contribution is -2.34. The van der Waals surface area contributed by atoms with Crippen LogP contribution in [-0.4, -0.2) is 61.8 Å². The molecule has 0 aliphatic heterocycles. The normalized spacial score (nSPS) is 11.5. The molecule has 7 nitrogen and oxygen atoms in total. The van der Waals surface area contributed by atoms with E-state index in [1.165, 1.54) is 30.1 Å². The van der Waals surface area contributed by atoms with Crippen LogP contribution in [0.4, 0.5) is 0 Å². The molecule has 0 fully saturated rings. The van der Waals surface area contributed by atoms with E-state index in [4.69, 9.17) is 5.11 Å². The highest BCUT2D eigenvalue weighted by Crippen LogP contribution is 2.20. The summed E-state index contributed by atoms with van der Waals surface area (Å²) in [6.07, 6.45) is 1.73. The third-order valence-corrected chi connectivity index (χ3v) is 5.22. The summed E-state index contributed by atoms with van der Waals surface area (Å²) in [6.45, 7) is 1.85. The van der Waals surface area contributed by atoms with Crippen molar-refractivity contribution in [1.82, 2.24) is 9.21 Å². The molecule has 8 heteroatoms. The zero-order chi connectivity index (χ0) is 17.6. The summed E-state index contributed by atoms with van der Waals surface area (Å²) >= 11 is 0. The monoisotopic (exact) mass is 342 g/mol. The minimum Gasteiger partial charge on any atom is -0.480 e. The SMILES string of the molecule is CCCCN(C)C(=O)c1ccccc1S(=O)(=O)N(C)CC(=O)O. The lowest BCUT2D eigenvalue weighted by atomic mass is 10.2. The second-order valence-electron chi connectivity index (χ2n) is 5.23. The van der Waals surface area contributed by atoms with E-state index >= 15 is 0 Å². The summed E-state index contributed by atoms with van der Waals surface area (Å²) in [5, 5.41) is 8.78. The molecule has 0 aromatic heterocycles. The number of unbranched alkanes of at least 4 members (excludes halogenated alkanes) is 1. The van der Waals surface area contributed by atoms with Gasteiger partial charge in [0, 0.05) is 20.6 Å². The topological polar surface area (TPSA) is 95.0 Å². The smallest absolute Gasteiger partial charge is 0.318 e. The van der Waals surface area contributed by atoms with E-state index in [0.29, 0.717) is 10.8 Å². The number of nitrogens with zero attached hydrogens (tertiary/aromatic N) is 2. The molecule has 1 amide bonds. The zero-order valence-corrected chi connectivity index (χ0v) is 14.3. The van der Waals surface area contributed by atoms with E-state index in [1.807, 2.05) is 6.92 Å². The standard InChI is InChI=1S/C15H22N2O5S/c1-4-5-10-16(2)15(20)12-8-6-7-9-13(12)23(21,22)17(3)11-14(18)19/h6-9H,4-5,10-11H2,1-3H3,(H,18,19). The number of hydrogen-bond donors (Lipinski definition) is 1. The second-order valence-corrected chi connectivity index (χ2v) is 7.24. The summed E-state index contributed by atoms with van der Waals surface area (Å²) in [7, 11) is -1.27. The lowest BCUT2D eigenvalue weighted by Gasteiger charge is -2.21. The van der Waals surface area contributed by atoms with Crippen LogP contribution in [0.2, 0.25) is 0 Å². The number of sulfonamides is 1. The third-order valence-electron chi connectivity index (χ3n) is 3.36. The molecular formula is C15H22N2O5S. The highest BCUT2D eigenvalue weighted by molar-refractivity contribution is 7.89. The Morgan fingerprint density at radius 1 is 1.17 bits per heavy atom. The fourth-order valence-corrected chi connectivity index (χ4v) is 3.31. The fourth-order valence-electron chi connectivity index (χ4n) is 2.01. The summed E-state index contributed by atoms with van der Waals surface area (Å²) in [5.41, 5.74) is 0.0448. The molecule has 0 saturated carbocycles. The Kier molecular flexibility index (Phi) is 6.71. The van der Waals surface area contributed by atoms with Gasteiger partial charge in [-0.3, -0.25) is 9.59 Å². The van der Waals surface area contributed by atoms with Crippen LogP contribution >= 0.6 is 0 Å². The van der Waals surface area contributed by atoms with Gasteiger partial charge in [-0.1, -0.05) is 25.5 Å². The molecule has 1 rings (SSSR count). The van der Waals surface area contributed by atoms with E-state index in [0.717, 1.165) is 12.8 Å². The van der Waals surface area contributed by atoms with Crippen molar-refractivity contribution in [1.29, 1.82) is 0 Å². The molecular weight excluding hydrogens is 320 g/mol. The van der Waals surface area contributed by atoms with Gasteiger partial charge in [-0.2, -0.15) is 4.31 Å². The number of aliphatic carboxylic acids is 1. The Bertz CT molecular complexity index is 672. The maximum absolute atomic E-state index is 12.5. The molecule has 1 N–H and O–H groups in total. The van der Waals surface area contributed by atoms with Gasteiger partial charge in [0.2, 0.25) is 10.0 Å². The van der Waals surface area contributed by atoms with E-state index in [9.17, 15) is 18.0 Å². The molecule has 0 unspecified atom stereocenters. The molecule has 23 heavy (non-hydrogen) atoms. The summed E-state index contributed by atoms with van der Waals surface area (Å²) in [4.78, 5) is 24.5. The van der Waals surface area contributed by atoms with Gasteiger partial charge in [0.15, 0.2) is 0 Å². The quantitative estimate of drug-likeness (QED) is 0.767. The van der Waals surface area contributed by atoms with Crippen LogP contribution in [0.15, 0.2) is 29.2 Å². The predicted molar refractivity (Wildman–Crippen MR) is 85.8 cm³/mol. The van der Waals surface area contributed by atoms with Crippen LogP contribution in [0, 0.1) is 0 Å². The molecule has 0 radical (unpaired) electrons. The highest BCUT2D eigenvalue weighted by Gasteiger charge is 2.28. The summed E-state index contributed by atoms with van der Waals surface area (Å²) < 4.78 is 25.8. The Labute approximate surface area is 136 Å². The van der Waals surface area contributed by atoms with Crippen molar-refractivity contribution in [2.24, 2.45) is 0 Å². The van der Waals surface area contributed by atoms with E-state index in [2.05, 4.69) is 0 Å². The summed E-state index contributed by atoms with van der Waals surface area (Å²) in [6, 6.07) is 5.84. The van der Waals surface area contributed by atoms with Crippen LogP contribution in [0.1, 0.15) is 30.1 Å². The Hall–Kier alpha value is -1.93. The van der Waals surface area contributed by atoms with Gasteiger partial charge < -0.3 is 10.0 Å².